The van der Waals surface area contributed by atoms with E-state index in [0.717, 1.165) is 6.07 Å². The molecule has 0 amide bonds. The summed E-state index contributed by atoms with van der Waals surface area (Å²) in [6, 6.07) is 13.4. The van der Waals surface area contributed by atoms with Crippen molar-refractivity contribution in [2.45, 2.75) is 21.6 Å². The molecule has 0 saturated heterocycles. The molecule has 10 heteroatoms. The molecule has 0 heterocycles. The van der Waals surface area contributed by atoms with Gasteiger partial charge in [0.2, 0.25) is 9.84 Å². The number of benzene rings is 3. The van der Waals surface area contributed by atoms with Gasteiger partial charge in [-0.25, -0.2) is 16.8 Å². The van der Waals surface area contributed by atoms with E-state index in [4.69, 9.17) is 16.3 Å². The molecule has 0 aromatic heterocycles. The number of aryl methyl sites for hydroxylation is 1. The SMILES string of the molecule is COc1ccc(S(=O)(=O)c2cc(NS(=O)(=O)c3ccc(Cl)cc3)c(C)cc2O)cc1. The minimum atomic E-state index is -4.12. The van der Waals surface area contributed by atoms with Crippen molar-refractivity contribution in [2.75, 3.05) is 11.8 Å². The van der Waals surface area contributed by atoms with Gasteiger partial charge >= 0.3 is 0 Å². The lowest BCUT2D eigenvalue weighted by Gasteiger charge is -2.14. The van der Waals surface area contributed by atoms with Gasteiger partial charge in [-0.3, -0.25) is 4.72 Å². The average Bonchev–Trinajstić information content (AvgIpc) is 2.70. The Labute approximate surface area is 179 Å². The van der Waals surface area contributed by atoms with Gasteiger partial charge in [0.1, 0.15) is 16.4 Å². The van der Waals surface area contributed by atoms with Gasteiger partial charge in [0.05, 0.1) is 22.6 Å². The Balaban J connectivity index is 2.04. The summed E-state index contributed by atoms with van der Waals surface area (Å²) in [4.78, 5) is -0.542. The van der Waals surface area contributed by atoms with Crippen LogP contribution in [0.25, 0.3) is 0 Å². The lowest BCUT2D eigenvalue weighted by Crippen LogP contribution is -2.14. The number of aromatic hydroxyl groups is 1. The Bertz CT molecular complexity index is 1290. The van der Waals surface area contributed by atoms with Crippen LogP contribution in [-0.4, -0.2) is 29.1 Å². The zero-order valence-corrected chi connectivity index (χ0v) is 18.3. The maximum absolute atomic E-state index is 13.0. The van der Waals surface area contributed by atoms with Crippen molar-refractivity contribution in [3.05, 3.63) is 71.2 Å². The molecule has 3 aromatic carbocycles. The van der Waals surface area contributed by atoms with Crippen LogP contribution < -0.4 is 9.46 Å². The molecule has 30 heavy (non-hydrogen) atoms. The fraction of sp³-hybridized carbons (Fsp3) is 0.100. The topological polar surface area (TPSA) is 110 Å². The predicted molar refractivity (Wildman–Crippen MR) is 114 cm³/mol. The van der Waals surface area contributed by atoms with E-state index in [2.05, 4.69) is 4.72 Å². The molecule has 3 aromatic rings. The van der Waals surface area contributed by atoms with Crippen molar-refractivity contribution < 1.29 is 26.7 Å². The molecule has 158 valence electrons. The third-order valence-electron chi connectivity index (χ3n) is 4.33. The quantitative estimate of drug-likeness (QED) is 0.530. The highest BCUT2D eigenvalue weighted by Crippen LogP contribution is 2.34. The van der Waals surface area contributed by atoms with Gasteiger partial charge in [-0.1, -0.05) is 11.6 Å². The zero-order chi connectivity index (χ0) is 22.1. The number of sulfone groups is 1. The van der Waals surface area contributed by atoms with Crippen molar-refractivity contribution in [1.29, 1.82) is 0 Å². The average molecular weight is 468 g/mol. The third kappa shape index (κ3) is 4.38. The first-order valence-corrected chi connectivity index (χ1v) is 11.9. The molecule has 3 rings (SSSR count). The van der Waals surface area contributed by atoms with Crippen LogP contribution >= 0.6 is 11.6 Å². The molecule has 0 saturated carbocycles. The molecule has 0 unspecified atom stereocenters. The van der Waals surface area contributed by atoms with Crippen LogP contribution in [0.1, 0.15) is 5.56 Å². The summed E-state index contributed by atoms with van der Waals surface area (Å²) in [6.45, 7) is 1.54. The number of phenols is 1. The molecule has 0 spiro atoms. The van der Waals surface area contributed by atoms with Crippen LogP contribution in [-0.2, 0) is 19.9 Å². The largest absolute Gasteiger partial charge is 0.507 e. The highest BCUT2D eigenvalue weighted by molar-refractivity contribution is 7.93. The van der Waals surface area contributed by atoms with Gasteiger partial charge in [0.25, 0.3) is 10.0 Å². The Morgan fingerprint density at radius 3 is 2.03 bits per heavy atom. The van der Waals surface area contributed by atoms with E-state index in [1.807, 2.05) is 0 Å². The van der Waals surface area contributed by atoms with Crippen molar-refractivity contribution in [3.63, 3.8) is 0 Å². The van der Waals surface area contributed by atoms with Crippen LogP contribution in [0, 0.1) is 6.92 Å². The molecule has 0 radical (unpaired) electrons. The van der Waals surface area contributed by atoms with Crippen molar-refractivity contribution in [1.82, 2.24) is 0 Å². The number of sulfonamides is 1. The first-order valence-electron chi connectivity index (χ1n) is 8.56. The number of rotatable bonds is 6. The molecular weight excluding hydrogens is 450 g/mol. The molecular formula is C20H18ClNO6S2. The first kappa shape index (κ1) is 21.9. The van der Waals surface area contributed by atoms with Crippen molar-refractivity contribution >= 4 is 37.1 Å². The van der Waals surface area contributed by atoms with Gasteiger partial charge in [0, 0.05) is 5.02 Å². The summed E-state index contributed by atoms with van der Waals surface area (Å²) < 4.78 is 58.7. The lowest BCUT2D eigenvalue weighted by molar-refractivity contribution is 0.414. The summed E-state index contributed by atoms with van der Waals surface area (Å²) in [5, 5.41) is 10.6. The zero-order valence-electron chi connectivity index (χ0n) is 16.0. The summed E-state index contributed by atoms with van der Waals surface area (Å²) in [5.41, 5.74) is 0.369. The van der Waals surface area contributed by atoms with Crippen LogP contribution in [0.5, 0.6) is 11.5 Å². The fourth-order valence-corrected chi connectivity index (χ4v) is 5.30. The number of methoxy groups -OCH3 is 1. The monoisotopic (exact) mass is 467 g/mol. The van der Waals surface area contributed by atoms with E-state index in [0.29, 0.717) is 16.3 Å². The molecule has 0 aliphatic heterocycles. The highest BCUT2D eigenvalue weighted by atomic mass is 35.5. The van der Waals surface area contributed by atoms with Crippen molar-refractivity contribution in [2.24, 2.45) is 0 Å². The summed E-state index contributed by atoms with van der Waals surface area (Å²) in [6.07, 6.45) is 0. The van der Waals surface area contributed by atoms with Crippen LogP contribution in [0.3, 0.4) is 0 Å². The first-order chi connectivity index (χ1) is 14.0. The number of halogens is 1. The summed E-state index contributed by atoms with van der Waals surface area (Å²) in [7, 11) is -6.67. The van der Waals surface area contributed by atoms with E-state index in [9.17, 15) is 21.9 Å². The van der Waals surface area contributed by atoms with Crippen molar-refractivity contribution in [3.8, 4) is 11.5 Å². The molecule has 0 atom stereocenters. The van der Waals surface area contributed by atoms with E-state index in [1.165, 1.54) is 61.7 Å². The smallest absolute Gasteiger partial charge is 0.261 e. The van der Waals surface area contributed by atoms with E-state index < -0.39 is 30.5 Å². The molecule has 0 bridgehead atoms. The van der Waals surface area contributed by atoms with Gasteiger partial charge in [-0.05, 0) is 73.2 Å². The Kier molecular flexibility index (Phi) is 5.98. The van der Waals surface area contributed by atoms with E-state index in [1.54, 1.807) is 6.92 Å². The number of ether oxygens (including phenoxy) is 1. The van der Waals surface area contributed by atoms with Gasteiger partial charge in [-0.2, -0.15) is 0 Å². The standard InChI is InChI=1S/C20H18ClNO6S2/c1-13-11-19(23)20(29(24,25)16-9-5-15(28-2)6-10-16)12-18(13)22-30(26,27)17-7-3-14(21)4-8-17/h3-12,22-23H,1-2H3. The van der Waals surface area contributed by atoms with Gasteiger partial charge < -0.3 is 9.84 Å². The second-order valence-electron chi connectivity index (χ2n) is 6.37. The number of hydrogen-bond donors (Lipinski definition) is 2. The molecule has 0 aliphatic rings. The Morgan fingerprint density at radius 2 is 1.47 bits per heavy atom. The molecule has 0 aliphatic carbocycles. The fourth-order valence-electron chi connectivity index (χ4n) is 2.70. The second-order valence-corrected chi connectivity index (χ2v) is 10.4. The van der Waals surface area contributed by atoms with Crippen LogP contribution in [0.15, 0.2) is 75.4 Å². The Morgan fingerprint density at radius 1 is 0.900 bits per heavy atom. The summed E-state index contributed by atoms with van der Waals surface area (Å²) >= 11 is 5.80. The number of phenolic OH excluding ortho intramolecular Hbond substituents is 1. The second kappa shape index (κ2) is 8.17. The molecule has 7 nitrogen and oxygen atoms in total. The minimum absolute atomic E-state index is 0.0230. The molecule has 2 N–H and O–H groups in total. The lowest BCUT2D eigenvalue weighted by atomic mass is 10.2. The minimum Gasteiger partial charge on any atom is -0.507 e. The Hall–Kier alpha value is -2.75. The van der Waals surface area contributed by atoms with Crippen LogP contribution in [0.4, 0.5) is 5.69 Å². The van der Waals surface area contributed by atoms with Gasteiger partial charge in [-0.15, -0.1) is 0 Å². The van der Waals surface area contributed by atoms with E-state index in [-0.39, 0.29) is 15.5 Å². The number of anilines is 1. The number of nitrogens with one attached hydrogen (secondary N) is 1. The normalized spacial score (nSPS) is 11.8. The summed E-state index contributed by atoms with van der Waals surface area (Å²) in [5.74, 6) is -0.0174. The maximum Gasteiger partial charge on any atom is 0.261 e. The van der Waals surface area contributed by atoms with E-state index >= 15 is 0 Å². The van der Waals surface area contributed by atoms with Gasteiger partial charge in [0.15, 0.2) is 0 Å². The highest BCUT2D eigenvalue weighted by Gasteiger charge is 2.25. The third-order valence-corrected chi connectivity index (χ3v) is 7.77. The molecule has 0 fully saturated rings. The number of hydrogen-bond acceptors (Lipinski definition) is 6. The maximum atomic E-state index is 13.0. The van der Waals surface area contributed by atoms with Crippen LogP contribution in [0.2, 0.25) is 5.02 Å². The predicted octanol–water partition coefficient (Wildman–Crippen LogP) is 4.00.